The molecule has 0 bridgehead atoms. The van der Waals surface area contributed by atoms with Crippen LogP contribution in [0.1, 0.15) is 72.1 Å². The highest BCUT2D eigenvalue weighted by molar-refractivity contribution is 4.95. The Morgan fingerprint density at radius 2 is 1.80 bits per heavy atom. The Kier molecular flexibility index (Phi) is 4.42. The van der Waals surface area contributed by atoms with Gasteiger partial charge in [-0.3, -0.25) is 9.80 Å². The van der Waals surface area contributed by atoms with E-state index in [1.807, 2.05) is 0 Å². The van der Waals surface area contributed by atoms with E-state index in [1.54, 1.807) is 0 Å². The Balaban J connectivity index is 1.70. The van der Waals surface area contributed by atoms with Crippen molar-refractivity contribution >= 4 is 0 Å². The second kappa shape index (κ2) is 5.96. The van der Waals surface area contributed by atoms with Gasteiger partial charge in [-0.25, -0.2) is 0 Å². The molecular weight excluding hydrogens is 244 g/mol. The van der Waals surface area contributed by atoms with Gasteiger partial charge in [0.1, 0.15) is 0 Å². The zero-order chi connectivity index (χ0) is 14.2. The standard InChI is InChI=1S/C18H34N2/c1-4-15-13-19-11-6-5-8-17(19)14-20(15)16-9-7-10-18(2,3)12-16/h15-17H,4-14H2,1-3H3. The highest BCUT2D eigenvalue weighted by Gasteiger charge is 2.40. The summed E-state index contributed by atoms with van der Waals surface area (Å²) in [5.41, 5.74) is 0.574. The van der Waals surface area contributed by atoms with E-state index in [4.69, 9.17) is 0 Å². The first kappa shape index (κ1) is 14.8. The van der Waals surface area contributed by atoms with Crippen molar-refractivity contribution < 1.29 is 0 Å². The lowest BCUT2D eigenvalue weighted by atomic mass is 9.74. The van der Waals surface area contributed by atoms with Gasteiger partial charge in [0.25, 0.3) is 0 Å². The van der Waals surface area contributed by atoms with Crippen molar-refractivity contribution in [1.82, 2.24) is 9.80 Å². The first-order valence-electron chi connectivity index (χ1n) is 9.09. The van der Waals surface area contributed by atoms with Gasteiger partial charge >= 0.3 is 0 Å². The molecule has 0 amide bonds. The zero-order valence-electron chi connectivity index (χ0n) is 13.9. The molecule has 1 aliphatic carbocycles. The van der Waals surface area contributed by atoms with E-state index in [1.165, 1.54) is 71.0 Å². The van der Waals surface area contributed by atoms with Crippen molar-refractivity contribution in [3.05, 3.63) is 0 Å². The fourth-order valence-corrected chi connectivity index (χ4v) is 5.03. The zero-order valence-corrected chi connectivity index (χ0v) is 13.9. The summed E-state index contributed by atoms with van der Waals surface area (Å²) >= 11 is 0. The maximum absolute atomic E-state index is 2.94. The van der Waals surface area contributed by atoms with E-state index < -0.39 is 0 Å². The predicted molar refractivity (Wildman–Crippen MR) is 86.0 cm³/mol. The number of hydrogen-bond acceptors (Lipinski definition) is 2. The Morgan fingerprint density at radius 1 is 1.00 bits per heavy atom. The maximum Gasteiger partial charge on any atom is 0.0224 e. The molecule has 116 valence electrons. The summed E-state index contributed by atoms with van der Waals surface area (Å²) in [7, 11) is 0. The normalized spacial score (nSPS) is 39.5. The molecule has 0 spiro atoms. The quantitative estimate of drug-likeness (QED) is 0.756. The average molecular weight is 278 g/mol. The predicted octanol–water partition coefficient (Wildman–Crippen LogP) is 3.90. The van der Waals surface area contributed by atoms with Gasteiger partial charge in [0.05, 0.1) is 0 Å². The fraction of sp³-hybridized carbons (Fsp3) is 1.00. The van der Waals surface area contributed by atoms with Crippen LogP contribution in [0.3, 0.4) is 0 Å². The summed E-state index contributed by atoms with van der Waals surface area (Å²) in [4.78, 5) is 5.75. The first-order chi connectivity index (χ1) is 9.59. The van der Waals surface area contributed by atoms with E-state index in [0.717, 1.165) is 18.1 Å². The van der Waals surface area contributed by atoms with Crippen LogP contribution in [0.15, 0.2) is 0 Å². The van der Waals surface area contributed by atoms with Crippen LogP contribution < -0.4 is 0 Å². The number of rotatable bonds is 2. The Labute approximate surface area is 125 Å². The molecule has 0 aromatic heterocycles. The summed E-state index contributed by atoms with van der Waals surface area (Å²) in [5.74, 6) is 0. The van der Waals surface area contributed by atoms with Crippen LogP contribution in [0.4, 0.5) is 0 Å². The number of fused-ring (bicyclic) bond motifs is 1. The molecule has 0 aromatic rings. The lowest BCUT2D eigenvalue weighted by molar-refractivity contribution is -0.0353. The summed E-state index contributed by atoms with van der Waals surface area (Å²) in [6, 6.07) is 2.56. The van der Waals surface area contributed by atoms with Gasteiger partial charge in [-0.05, 0) is 50.5 Å². The van der Waals surface area contributed by atoms with Crippen molar-refractivity contribution in [2.24, 2.45) is 5.41 Å². The van der Waals surface area contributed by atoms with Gasteiger partial charge in [-0.15, -0.1) is 0 Å². The Hall–Kier alpha value is -0.0800. The number of piperazine rings is 1. The van der Waals surface area contributed by atoms with Crippen LogP contribution in [0.25, 0.3) is 0 Å². The molecule has 0 aromatic carbocycles. The lowest BCUT2D eigenvalue weighted by Crippen LogP contribution is -2.62. The van der Waals surface area contributed by atoms with Gasteiger partial charge in [-0.2, -0.15) is 0 Å². The minimum absolute atomic E-state index is 0.574. The second-order valence-corrected chi connectivity index (χ2v) is 8.32. The minimum atomic E-state index is 0.574. The van der Waals surface area contributed by atoms with E-state index in [0.29, 0.717) is 5.41 Å². The molecule has 3 fully saturated rings. The molecule has 1 saturated carbocycles. The van der Waals surface area contributed by atoms with Crippen LogP contribution in [-0.2, 0) is 0 Å². The molecule has 3 rings (SSSR count). The van der Waals surface area contributed by atoms with Crippen molar-refractivity contribution in [2.45, 2.75) is 90.3 Å². The number of piperidine rings is 1. The topological polar surface area (TPSA) is 6.48 Å². The smallest absolute Gasteiger partial charge is 0.0224 e. The third kappa shape index (κ3) is 3.06. The van der Waals surface area contributed by atoms with E-state index in [2.05, 4.69) is 30.6 Å². The van der Waals surface area contributed by atoms with Crippen LogP contribution >= 0.6 is 0 Å². The summed E-state index contributed by atoms with van der Waals surface area (Å²) in [6.07, 6.45) is 11.4. The highest BCUT2D eigenvalue weighted by Crippen LogP contribution is 2.39. The molecular formula is C18H34N2. The third-order valence-electron chi connectivity index (χ3n) is 6.20. The maximum atomic E-state index is 2.94. The SMILES string of the molecule is CCC1CN2CCCCC2CN1C1CCCC(C)(C)C1. The first-order valence-corrected chi connectivity index (χ1v) is 9.09. The average Bonchev–Trinajstić information content (AvgIpc) is 2.44. The Bertz CT molecular complexity index is 325. The fourth-order valence-electron chi connectivity index (χ4n) is 5.03. The minimum Gasteiger partial charge on any atom is -0.298 e. The molecule has 0 N–H and O–H groups in total. The van der Waals surface area contributed by atoms with Gasteiger partial charge in [0, 0.05) is 31.2 Å². The molecule has 20 heavy (non-hydrogen) atoms. The monoisotopic (exact) mass is 278 g/mol. The molecule has 2 heteroatoms. The van der Waals surface area contributed by atoms with Crippen LogP contribution in [0.2, 0.25) is 0 Å². The van der Waals surface area contributed by atoms with Crippen molar-refractivity contribution in [1.29, 1.82) is 0 Å². The van der Waals surface area contributed by atoms with Crippen molar-refractivity contribution in [3.8, 4) is 0 Å². The van der Waals surface area contributed by atoms with E-state index >= 15 is 0 Å². The van der Waals surface area contributed by atoms with E-state index in [9.17, 15) is 0 Å². The van der Waals surface area contributed by atoms with Gasteiger partial charge in [-0.1, -0.05) is 33.6 Å². The van der Waals surface area contributed by atoms with Gasteiger partial charge in [0.15, 0.2) is 0 Å². The molecule has 3 unspecified atom stereocenters. The van der Waals surface area contributed by atoms with Crippen LogP contribution in [-0.4, -0.2) is 47.6 Å². The van der Waals surface area contributed by atoms with Gasteiger partial charge in [0.2, 0.25) is 0 Å². The molecule has 2 aliphatic heterocycles. The molecule has 2 saturated heterocycles. The third-order valence-corrected chi connectivity index (χ3v) is 6.20. The second-order valence-electron chi connectivity index (χ2n) is 8.32. The number of hydrogen-bond donors (Lipinski definition) is 0. The van der Waals surface area contributed by atoms with Crippen molar-refractivity contribution in [3.63, 3.8) is 0 Å². The van der Waals surface area contributed by atoms with E-state index in [-0.39, 0.29) is 0 Å². The molecule has 3 atom stereocenters. The van der Waals surface area contributed by atoms with Crippen LogP contribution in [0, 0.1) is 5.41 Å². The molecule has 2 heterocycles. The van der Waals surface area contributed by atoms with Crippen molar-refractivity contribution in [2.75, 3.05) is 19.6 Å². The van der Waals surface area contributed by atoms with Gasteiger partial charge < -0.3 is 0 Å². The lowest BCUT2D eigenvalue weighted by Gasteiger charge is -2.53. The summed E-state index contributed by atoms with van der Waals surface area (Å²) in [6.45, 7) is 11.4. The highest BCUT2D eigenvalue weighted by atomic mass is 15.3. The Morgan fingerprint density at radius 3 is 2.55 bits per heavy atom. The molecule has 3 aliphatic rings. The summed E-state index contributed by atoms with van der Waals surface area (Å²) in [5, 5.41) is 0. The summed E-state index contributed by atoms with van der Waals surface area (Å²) < 4.78 is 0. The largest absolute Gasteiger partial charge is 0.298 e. The van der Waals surface area contributed by atoms with Crippen LogP contribution in [0.5, 0.6) is 0 Å². The molecule has 2 nitrogen and oxygen atoms in total. The molecule has 0 radical (unpaired) electrons. The number of nitrogens with zero attached hydrogens (tertiary/aromatic N) is 2.